The van der Waals surface area contributed by atoms with E-state index in [1.807, 2.05) is 0 Å². The fraction of sp³-hybridized carbons (Fsp3) is 0.263. The Kier molecular flexibility index (Phi) is 5.99. The summed E-state index contributed by atoms with van der Waals surface area (Å²) in [6, 6.07) is 10.5. The van der Waals surface area contributed by atoms with Gasteiger partial charge in [-0.1, -0.05) is 11.6 Å². The predicted octanol–water partition coefficient (Wildman–Crippen LogP) is 1.40. The van der Waals surface area contributed by atoms with E-state index in [-0.39, 0.29) is 33.3 Å². The van der Waals surface area contributed by atoms with E-state index in [1.54, 1.807) is 12.1 Å². The first-order chi connectivity index (χ1) is 14.1. The molecule has 2 aromatic carbocycles. The Morgan fingerprint density at radius 2 is 1.93 bits per heavy atom. The molecule has 0 unspecified atom stereocenters. The topological polar surface area (TPSA) is 135 Å². The van der Waals surface area contributed by atoms with Crippen LogP contribution in [0.3, 0.4) is 0 Å². The molecule has 11 heteroatoms. The second kappa shape index (κ2) is 8.19. The molecule has 0 saturated carbocycles. The highest BCUT2D eigenvalue weighted by atomic mass is 35.5. The number of hydrogen-bond acceptors (Lipinski definition) is 7. The third-order valence-electron chi connectivity index (χ3n) is 4.71. The second-order valence-electron chi connectivity index (χ2n) is 6.67. The first kappa shape index (κ1) is 22.0. The Bertz CT molecular complexity index is 1180. The van der Waals surface area contributed by atoms with Crippen molar-refractivity contribution in [2.45, 2.75) is 16.6 Å². The normalized spacial score (nSPS) is 21.7. The van der Waals surface area contributed by atoms with E-state index in [2.05, 4.69) is 0 Å². The minimum atomic E-state index is -4.24. The van der Waals surface area contributed by atoms with Gasteiger partial charge in [-0.25, -0.2) is 12.8 Å². The van der Waals surface area contributed by atoms with Gasteiger partial charge in [-0.2, -0.15) is 14.8 Å². The lowest BCUT2D eigenvalue weighted by atomic mass is 10.0. The van der Waals surface area contributed by atoms with Gasteiger partial charge >= 0.3 is 0 Å². The molecule has 0 radical (unpaired) electrons. The number of nitrogens with zero attached hydrogens (tertiary/aromatic N) is 3. The number of β-amino-alcohol motifs (C(OH)–C–C–N with tert-alkyl or cyclic N) is 1. The number of rotatable bonds is 5. The molecule has 1 heterocycles. The van der Waals surface area contributed by atoms with Crippen molar-refractivity contribution in [1.82, 2.24) is 4.31 Å². The van der Waals surface area contributed by atoms with Gasteiger partial charge in [0.15, 0.2) is 0 Å². The number of sulfonamides is 1. The zero-order chi connectivity index (χ0) is 22.1. The van der Waals surface area contributed by atoms with E-state index in [9.17, 15) is 28.3 Å². The highest BCUT2D eigenvalue weighted by Crippen LogP contribution is 2.32. The number of aliphatic hydroxyl groups excluding tert-OH is 1. The molecule has 30 heavy (non-hydrogen) atoms. The average molecular weight is 452 g/mol. The Labute approximate surface area is 177 Å². The van der Waals surface area contributed by atoms with E-state index in [0.717, 1.165) is 10.4 Å². The highest BCUT2D eigenvalue weighted by Gasteiger charge is 2.51. The van der Waals surface area contributed by atoms with Crippen molar-refractivity contribution in [1.29, 1.82) is 10.5 Å². The summed E-state index contributed by atoms with van der Waals surface area (Å²) in [7, 11) is -4.24. The van der Waals surface area contributed by atoms with Gasteiger partial charge < -0.3 is 14.9 Å². The summed E-state index contributed by atoms with van der Waals surface area (Å²) < 4.78 is 46.4. The number of ether oxygens (including phenoxy) is 1. The second-order valence-corrected chi connectivity index (χ2v) is 9.01. The van der Waals surface area contributed by atoms with Crippen LogP contribution in [0.2, 0.25) is 5.02 Å². The van der Waals surface area contributed by atoms with Gasteiger partial charge in [-0.3, -0.25) is 0 Å². The fourth-order valence-corrected chi connectivity index (χ4v) is 4.88. The molecule has 2 aromatic rings. The predicted molar refractivity (Wildman–Crippen MR) is 102 cm³/mol. The molecule has 0 spiro atoms. The Hall–Kier alpha value is -2.73. The zero-order valence-corrected chi connectivity index (χ0v) is 16.9. The maximum absolute atomic E-state index is 13.8. The Morgan fingerprint density at radius 1 is 1.23 bits per heavy atom. The van der Waals surface area contributed by atoms with Crippen molar-refractivity contribution >= 4 is 21.6 Å². The van der Waals surface area contributed by atoms with E-state index in [1.165, 1.54) is 30.3 Å². The Balaban J connectivity index is 1.92. The fourth-order valence-electron chi connectivity index (χ4n) is 3.09. The minimum Gasteiger partial charge on any atom is -0.486 e. The lowest BCUT2D eigenvalue weighted by molar-refractivity contribution is -0.0641. The van der Waals surface area contributed by atoms with Crippen LogP contribution in [0.25, 0.3) is 0 Å². The van der Waals surface area contributed by atoms with Crippen molar-refractivity contribution in [3.8, 4) is 17.9 Å². The van der Waals surface area contributed by atoms with Crippen LogP contribution in [0.4, 0.5) is 4.39 Å². The third kappa shape index (κ3) is 3.97. The van der Waals surface area contributed by atoms with Crippen molar-refractivity contribution < 1.29 is 27.8 Å². The number of halogens is 2. The van der Waals surface area contributed by atoms with Gasteiger partial charge in [0.1, 0.15) is 40.3 Å². The molecule has 3 rings (SSSR count). The molecule has 1 aliphatic rings. The molecule has 1 aliphatic heterocycles. The van der Waals surface area contributed by atoms with Gasteiger partial charge in [-0.05, 0) is 30.3 Å². The Morgan fingerprint density at radius 3 is 2.53 bits per heavy atom. The van der Waals surface area contributed by atoms with E-state index in [0.29, 0.717) is 0 Å². The molecule has 0 amide bonds. The quantitative estimate of drug-likeness (QED) is 0.701. The minimum absolute atomic E-state index is 0.0492. The largest absolute Gasteiger partial charge is 0.486 e. The van der Waals surface area contributed by atoms with Gasteiger partial charge in [0.05, 0.1) is 24.3 Å². The van der Waals surface area contributed by atoms with Gasteiger partial charge in [0.25, 0.3) is 0 Å². The van der Waals surface area contributed by atoms with Crippen molar-refractivity contribution in [3.05, 3.63) is 58.4 Å². The molecule has 0 aromatic heterocycles. The van der Waals surface area contributed by atoms with Crippen molar-refractivity contribution in [2.24, 2.45) is 0 Å². The van der Waals surface area contributed by atoms with E-state index < -0.39 is 40.7 Å². The first-order valence-electron chi connectivity index (χ1n) is 8.54. The van der Waals surface area contributed by atoms with Crippen molar-refractivity contribution in [2.75, 3.05) is 19.7 Å². The smallest absolute Gasteiger partial charge is 0.244 e. The van der Waals surface area contributed by atoms with Crippen LogP contribution >= 0.6 is 11.6 Å². The summed E-state index contributed by atoms with van der Waals surface area (Å²) in [6.07, 6.45) is -1.23. The number of aliphatic hydroxyl groups is 2. The molecular weight excluding hydrogens is 437 g/mol. The summed E-state index contributed by atoms with van der Waals surface area (Å²) in [4.78, 5) is -0.306. The highest BCUT2D eigenvalue weighted by molar-refractivity contribution is 7.89. The molecule has 2 N–H and O–H groups in total. The lowest BCUT2D eigenvalue weighted by Gasteiger charge is -2.27. The summed E-state index contributed by atoms with van der Waals surface area (Å²) in [5, 5.41) is 38.6. The molecule has 1 saturated heterocycles. The molecule has 0 bridgehead atoms. The molecule has 1 fully saturated rings. The number of nitriles is 2. The first-order valence-corrected chi connectivity index (χ1v) is 10.4. The van der Waals surface area contributed by atoms with E-state index >= 15 is 0 Å². The van der Waals surface area contributed by atoms with Gasteiger partial charge in [0, 0.05) is 17.6 Å². The van der Waals surface area contributed by atoms with Crippen LogP contribution in [-0.4, -0.2) is 54.3 Å². The molecule has 8 nitrogen and oxygen atoms in total. The summed E-state index contributed by atoms with van der Waals surface area (Å²) >= 11 is 5.82. The summed E-state index contributed by atoms with van der Waals surface area (Å²) in [6.45, 7) is -1.70. The van der Waals surface area contributed by atoms with Crippen LogP contribution in [-0.2, 0) is 10.0 Å². The third-order valence-corrected chi connectivity index (χ3v) is 6.82. The standard InChI is InChI=1S/C19H15ClFN3O5S/c20-14-2-4-17(13(5-14)8-23)30(27,28)24-9-18(19(26,10-24)11-25)29-15-3-1-12(7-22)16(21)6-15/h1-6,18,25-26H,9-11H2/t18-,19-/m0/s1. The van der Waals surface area contributed by atoms with E-state index in [4.69, 9.17) is 21.6 Å². The van der Waals surface area contributed by atoms with Crippen LogP contribution in [0.15, 0.2) is 41.3 Å². The maximum Gasteiger partial charge on any atom is 0.244 e. The average Bonchev–Trinajstić information content (AvgIpc) is 3.05. The molecule has 2 atom stereocenters. The number of benzene rings is 2. The van der Waals surface area contributed by atoms with Crippen LogP contribution < -0.4 is 4.74 Å². The SMILES string of the molecule is N#Cc1ccc(O[C@H]2CN(S(=O)(=O)c3ccc(Cl)cc3C#N)C[C@]2(O)CO)cc1F. The lowest BCUT2D eigenvalue weighted by Crippen LogP contribution is -2.48. The van der Waals surface area contributed by atoms with Crippen LogP contribution in [0, 0.1) is 28.5 Å². The molecule has 0 aliphatic carbocycles. The van der Waals surface area contributed by atoms with Crippen LogP contribution in [0.1, 0.15) is 11.1 Å². The summed E-state index contributed by atoms with van der Waals surface area (Å²) in [5.41, 5.74) is -2.35. The molecule has 156 valence electrons. The monoisotopic (exact) mass is 451 g/mol. The number of hydrogen-bond donors (Lipinski definition) is 2. The van der Waals surface area contributed by atoms with Crippen molar-refractivity contribution in [3.63, 3.8) is 0 Å². The summed E-state index contributed by atoms with van der Waals surface area (Å²) in [5.74, 6) is -0.892. The van der Waals surface area contributed by atoms with Gasteiger partial charge in [0.2, 0.25) is 10.0 Å². The van der Waals surface area contributed by atoms with Gasteiger partial charge in [-0.15, -0.1) is 0 Å². The van der Waals surface area contributed by atoms with Crippen LogP contribution in [0.5, 0.6) is 5.75 Å². The maximum atomic E-state index is 13.8. The molecular formula is C19H15ClFN3O5S. The zero-order valence-electron chi connectivity index (χ0n) is 15.3.